The molecule has 0 saturated carbocycles. The summed E-state index contributed by atoms with van der Waals surface area (Å²) in [6, 6.07) is 0. The second-order valence-electron chi connectivity index (χ2n) is 1.43. The number of hydrogen-bond donors (Lipinski definition) is 3. The average Bonchev–Trinajstić information content (AvgIpc) is 1.82. The molecule has 0 aliphatic heterocycles. The molecule has 0 aromatic carbocycles. The Morgan fingerprint density at radius 2 is 1.82 bits per heavy atom. The standard InChI is InChI=1S/C5H6O6/c6-3(7)1-2-4(8)11-5(9)10/h1-2,5,9-10H,(H,6,7)/b2-1+. The van der Waals surface area contributed by atoms with Gasteiger partial charge in [-0.05, 0) is 0 Å². The van der Waals surface area contributed by atoms with Gasteiger partial charge in [-0.25, -0.2) is 9.59 Å². The summed E-state index contributed by atoms with van der Waals surface area (Å²) >= 11 is 0. The molecule has 0 rings (SSSR count). The number of aliphatic hydroxyl groups excluding tert-OH is 1. The summed E-state index contributed by atoms with van der Waals surface area (Å²) in [6.45, 7) is -2.22. The van der Waals surface area contributed by atoms with E-state index in [0.717, 1.165) is 0 Å². The van der Waals surface area contributed by atoms with Gasteiger partial charge < -0.3 is 20.1 Å². The number of carboxylic acid groups (broad SMARTS) is 1. The zero-order valence-electron chi connectivity index (χ0n) is 5.30. The number of carbonyl (C=O) groups is 2. The molecule has 6 nitrogen and oxygen atoms in total. The van der Waals surface area contributed by atoms with Crippen molar-refractivity contribution in [1.29, 1.82) is 0 Å². The van der Waals surface area contributed by atoms with Crippen LogP contribution in [0.5, 0.6) is 0 Å². The fourth-order valence-corrected chi connectivity index (χ4v) is 0.283. The number of aliphatic hydroxyl groups is 2. The summed E-state index contributed by atoms with van der Waals surface area (Å²) in [6.07, 6.45) is 1.08. The minimum Gasteiger partial charge on any atom is -0.478 e. The van der Waals surface area contributed by atoms with Crippen LogP contribution in [-0.4, -0.2) is 33.7 Å². The Morgan fingerprint density at radius 1 is 1.27 bits per heavy atom. The molecule has 0 heterocycles. The molecule has 0 aromatic rings. The van der Waals surface area contributed by atoms with E-state index in [1.54, 1.807) is 0 Å². The van der Waals surface area contributed by atoms with Crippen LogP contribution in [0, 0.1) is 0 Å². The Labute approximate surface area is 61.3 Å². The van der Waals surface area contributed by atoms with Crippen molar-refractivity contribution in [3.63, 3.8) is 0 Å². The minimum absolute atomic E-state index is 0.519. The van der Waals surface area contributed by atoms with E-state index in [-0.39, 0.29) is 0 Å². The Balaban J connectivity index is 3.78. The van der Waals surface area contributed by atoms with E-state index in [1.165, 1.54) is 0 Å². The number of hydrogen-bond acceptors (Lipinski definition) is 5. The Kier molecular flexibility index (Phi) is 3.86. The molecule has 0 atom stereocenters. The molecule has 62 valence electrons. The number of rotatable bonds is 3. The number of aliphatic carboxylic acids is 1. The highest BCUT2D eigenvalue weighted by Gasteiger charge is 2.02. The fourth-order valence-electron chi connectivity index (χ4n) is 0.283. The average molecular weight is 162 g/mol. The summed E-state index contributed by atoms with van der Waals surface area (Å²) in [7, 11) is 0. The van der Waals surface area contributed by atoms with E-state index >= 15 is 0 Å². The van der Waals surface area contributed by atoms with Crippen LogP contribution in [0.1, 0.15) is 0 Å². The maximum atomic E-state index is 10.3. The third kappa shape index (κ3) is 6.49. The van der Waals surface area contributed by atoms with Crippen molar-refractivity contribution in [3.05, 3.63) is 12.2 Å². The van der Waals surface area contributed by atoms with Crippen molar-refractivity contribution < 1.29 is 29.6 Å². The first kappa shape index (κ1) is 9.60. The van der Waals surface area contributed by atoms with Crippen LogP contribution in [-0.2, 0) is 14.3 Å². The maximum Gasteiger partial charge on any atom is 0.335 e. The minimum atomic E-state index is -2.22. The molecule has 0 unspecified atom stereocenters. The molecular formula is C5H6O6. The third-order valence-corrected chi connectivity index (χ3v) is 0.584. The summed E-state index contributed by atoms with van der Waals surface area (Å²) in [5.41, 5.74) is 0. The predicted octanol–water partition coefficient (Wildman–Crippen LogP) is -1.56. The monoisotopic (exact) mass is 162 g/mol. The Bertz CT molecular complexity index is 181. The van der Waals surface area contributed by atoms with Gasteiger partial charge in [0.05, 0.1) is 0 Å². The van der Waals surface area contributed by atoms with E-state index < -0.39 is 18.4 Å². The third-order valence-electron chi connectivity index (χ3n) is 0.584. The van der Waals surface area contributed by atoms with Crippen LogP contribution in [0.4, 0.5) is 0 Å². The lowest BCUT2D eigenvalue weighted by molar-refractivity contribution is -0.225. The fraction of sp³-hybridized carbons (Fsp3) is 0.200. The van der Waals surface area contributed by atoms with Gasteiger partial charge in [0.2, 0.25) is 0 Å². The van der Waals surface area contributed by atoms with Crippen LogP contribution in [0.3, 0.4) is 0 Å². The first-order valence-electron chi connectivity index (χ1n) is 2.50. The molecule has 0 radical (unpaired) electrons. The smallest absolute Gasteiger partial charge is 0.335 e. The molecule has 0 aromatic heterocycles. The molecule has 3 N–H and O–H groups in total. The Morgan fingerprint density at radius 3 is 2.18 bits per heavy atom. The highest BCUT2D eigenvalue weighted by atomic mass is 16.7. The van der Waals surface area contributed by atoms with Gasteiger partial charge in [-0.3, -0.25) is 0 Å². The summed E-state index contributed by atoms with van der Waals surface area (Å²) < 4.78 is 3.72. The van der Waals surface area contributed by atoms with Gasteiger partial charge in [-0.2, -0.15) is 0 Å². The van der Waals surface area contributed by atoms with Gasteiger partial charge >= 0.3 is 18.4 Å². The van der Waals surface area contributed by atoms with E-state index in [9.17, 15) is 9.59 Å². The van der Waals surface area contributed by atoms with Crippen molar-refractivity contribution in [3.8, 4) is 0 Å². The van der Waals surface area contributed by atoms with E-state index in [0.29, 0.717) is 12.2 Å². The van der Waals surface area contributed by atoms with Crippen LogP contribution in [0.2, 0.25) is 0 Å². The van der Waals surface area contributed by atoms with Crippen LogP contribution in [0.15, 0.2) is 12.2 Å². The Hall–Kier alpha value is -1.40. The maximum absolute atomic E-state index is 10.3. The number of esters is 1. The van der Waals surface area contributed by atoms with Gasteiger partial charge in [0, 0.05) is 12.2 Å². The summed E-state index contributed by atoms with van der Waals surface area (Å²) in [5.74, 6) is -2.46. The van der Waals surface area contributed by atoms with E-state index in [1.807, 2.05) is 0 Å². The number of carboxylic acids is 1. The van der Waals surface area contributed by atoms with Gasteiger partial charge in [-0.1, -0.05) is 0 Å². The molecule has 0 spiro atoms. The van der Waals surface area contributed by atoms with Crippen molar-refractivity contribution in [1.82, 2.24) is 0 Å². The summed E-state index contributed by atoms with van der Waals surface area (Å²) in [4.78, 5) is 20.0. The SMILES string of the molecule is O=C(O)/C=C/C(=O)OC(O)O. The van der Waals surface area contributed by atoms with Gasteiger partial charge in [0.15, 0.2) is 0 Å². The molecule has 0 fully saturated rings. The first-order chi connectivity index (χ1) is 5.02. The summed E-state index contributed by atoms with van der Waals surface area (Å²) in [5, 5.41) is 24.0. The second kappa shape index (κ2) is 4.42. The normalized spacial score (nSPS) is 10.5. The van der Waals surface area contributed by atoms with E-state index in [2.05, 4.69) is 4.74 Å². The topological polar surface area (TPSA) is 104 Å². The van der Waals surface area contributed by atoms with Crippen LogP contribution in [0.25, 0.3) is 0 Å². The van der Waals surface area contributed by atoms with E-state index in [4.69, 9.17) is 15.3 Å². The van der Waals surface area contributed by atoms with Crippen LogP contribution < -0.4 is 0 Å². The van der Waals surface area contributed by atoms with Gasteiger partial charge in [-0.15, -0.1) is 0 Å². The lowest BCUT2D eigenvalue weighted by Crippen LogP contribution is -2.14. The largest absolute Gasteiger partial charge is 0.478 e. The van der Waals surface area contributed by atoms with Crippen molar-refractivity contribution in [2.45, 2.75) is 6.48 Å². The number of ether oxygens (including phenoxy) is 1. The molecular weight excluding hydrogens is 156 g/mol. The first-order valence-corrected chi connectivity index (χ1v) is 2.50. The quantitative estimate of drug-likeness (QED) is 0.263. The molecule has 0 bridgehead atoms. The highest BCUT2D eigenvalue weighted by molar-refractivity contribution is 5.90. The zero-order chi connectivity index (χ0) is 8.85. The molecule has 0 saturated heterocycles. The van der Waals surface area contributed by atoms with Crippen molar-refractivity contribution in [2.75, 3.05) is 0 Å². The predicted molar refractivity (Wildman–Crippen MR) is 31.1 cm³/mol. The molecule has 11 heavy (non-hydrogen) atoms. The van der Waals surface area contributed by atoms with Gasteiger partial charge in [0.25, 0.3) is 0 Å². The highest BCUT2D eigenvalue weighted by Crippen LogP contribution is 1.84. The van der Waals surface area contributed by atoms with Crippen LogP contribution >= 0.6 is 0 Å². The lowest BCUT2D eigenvalue weighted by atomic mass is 10.5. The van der Waals surface area contributed by atoms with Gasteiger partial charge in [0.1, 0.15) is 0 Å². The lowest BCUT2D eigenvalue weighted by Gasteiger charge is -2.00. The second-order valence-corrected chi connectivity index (χ2v) is 1.43. The number of carbonyl (C=O) groups excluding carboxylic acids is 1. The zero-order valence-corrected chi connectivity index (χ0v) is 5.30. The van der Waals surface area contributed by atoms with Crippen molar-refractivity contribution >= 4 is 11.9 Å². The molecule has 0 amide bonds. The molecule has 0 aliphatic carbocycles. The molecule has 6 heteroatoms. The molecule has 0 aliphatic rings. The van der Waals surface area contributed by atoms with Crippen molar-refractivity contribution in [2.24, 2.45) is 0 Å².